The summed E-state index contributed by atoms with van der Waals surface area (Å²) in [5, 5.41) is 49.5. The lowest BCUT2D eigenvalue weighted by Crippen LogP contribution is -2.52. The number of fused-ring (bicyclic) bond motifs is 1. The number of esters is 2. The van der Waals surface area contributed by atoms with Crippen LogP contribution < -0.4 is 28.5 Å². The average Bonchev–Trinajstić information content (AvgIpc) is 4.37. The van der Waals surface area contributed by atoms with Crippen LogP contribution in [0, 0.1) is 5.92 Å². The van der Waals surface area contributed by atoms with E-state index in [2.05, 4.69) is 53.5 Å². The number of aromatic nitrogens is 4. The number of nitrogens with two attached hydrogens (primary N) is 4. The van der Waals surface area contributed by atoms with Crippen molar-refractivity contribution in [1.82, 2.24) is 24.0 Å². The van der Waals surface area contributed by atoms with Gasteiger partial charge in [0.25, 0.3) is 5.56 Å². The molecule has 1 unspecified atom stereocenters. The fourth-order valence-corrected chi connectivity index (χ4v) is 9.03. The normalized spacial score (nSPS) is 28.8. The number of alkyl halides is 3. The predicted molar refractivity (Wildman–Crippen MR) is 283 cm³/mol. The molecule has 442 valence electrons. The molecule has 3 fully saturated rings. The zero-order valence-electron chi connectivity index (χ0n) is 44.5. The molecule has 0 aliphatic carbocycles. The second-order valence-corrected chi connectivity index (χ2v) is 19.6. The molecule has 30 nitrogen and oxygen atoms in total. The van der Waals surface area contributed by atoms with Crippen molar-refractivity contribution in [2.75, 3.05) is 50.9 Å². The Morgan fingerprint density at radius 1 is 0.827 bits per heavy atom. The molecule has 0 radical (unpaired) electrons. The molecule has 0 bridgehead atoms. The minimum Gasteiger partial charge on any atom is -0.456 e. The summed E-state index contributed by atoms with van der Waals surface area (Å²) in [4.78, 5) is 54.2. The number of imidazole rings is 1. The van der Waals surface area contributed by atoms with E-state index in [9.17, 15) is 39.2 Å². The number of anilines is 2. The Kier molecular flexibility index (Phi) is 22.7. The van der Waals surface area contributed by atoms with Crippen LogP contribution in [0.5, 0.6) is 0 Å². The Morgan fingerprint density at radius 3 is 1.95 bits per heavy atom. The summed E-state index contributed by atoms with van der Waals surface area (Å²) in [6, 6.07) is 3.05. The van der Waals surface area contributed by atoms with Gasteiger partial charge in [0.15, 0.2) is 55.1 Å². The number of allylic oxidation sites excluding steroid dienone is 2. The number of ether oxygens (including phenoxy) is 5. The number of halogens is 3. The zero-order chi connectivity index (χ0) is 59.8. The van der Waals surface area contributed by atoms with Crippen LogP contribution in [0.2, 0.25) is 0 Å². The first-order valence-corrected chi connectivity index (χ1v) is 25.4. The third kappa shape index (κ3) is 14.5. The number of unbranched alkanes of at least 4 members (excludes halogenated alkanes) is 4. The van der Waals surface area contributed by atoms with Crippen molar-refractivity contribution in [2.24, 2.45) is 32.7 Å². The van der Waals surface area contributed by atoms with Crippen molar-refractivity contribution in [3.63, 3.8) is 0 Å². The number of azide groups is 3. The molecule has 7 rings (SSSR count). The third-order valence-corrected chi connectivity index (χ3v) is 13.7. The summed E-state index contributed by atoms with van der Waals surface area (Å²) in [6.45, 7) is 5.72. The van der Waals surface area contributed by atoms with Gasteiger partial charge in [-0.15, -0.1) is 0 Å². The molecule has 12 N–H and O–H groups in total. The number of carbonyl (C=O) groups excluding carboxylic acids is 2. The largest absolute Gasteiger partial charge is 0.456 e. The van der Waals surface area contributed by atoms with Crippen molar-refractivity contribution in [2.45, 2.75) is 138 Å². The lowest BCUT2D eigenvalue weighted by atomic mass is 9.96. The monoisotopic (exact) mass is 1140 g/mol. The molecule has 3 saturated heterocycles. The minimum absolute atomic E-state index is 0.0858. The van der Waals surface area contributed by atoms with Crippen molar-refractivity contribution < 1.29 is 66.9 Å². The first-order valence-electron chi connectivity index (χ1n) is 25.4. The molecule has 3 aromatic rings. The molecule has 3 aromatic heterocycles. The standard InChI is InChI=1S/C19H28FN5O5.C17H25FN6O4.C12H14FN7O3/c1-2-3-4-5-6-7-15(28)29-17-16(20)18(25-9-8-13(21)10-14(25)27)30-19(17,12-26)11-23-24-22;1-9(2)13(20)16(26)27-14-12(18)15(24-5-4-11(19)6-10(24)3)28-17(14,8-25)7-22-23-21;13-7-9(22)12(4-21,3-18-19-15)23-11(7)20-5-17-8-6(14)1-2-16-10(8)20/h8-10,16-18,26H,2-7,11-12,21H2,1H3;4-6,9,12-15,25H,3,7-8,19-20H2,1-2H3;1-2,5,7,9,11,21-22H,3-4H2,(H2,14,16)/t16-,17+,18-,19-;12-,13?,14+,15-,17-;7-,9+,11-,12-/m111/s1. The van der Waals surface area contributed by atoms with Gasteiger partial charge in [-0.05, 0) is 53.2 Å². The Morgan fingerprint density at radius 2 is 1.38 bits per heavy atom. The van der Waals surface area contributed by atoms with Crippen LogP contribution in [-0.2, 0) is 33.3 Å². The molecular formula is C48H67F3N18O12. The van der Waals surface area contributed by atoms with Gasteiger partial charge in [0.2, 0.25) is 0 Å². The van der Waals surface area contributed by atoms with Gasteiger partial charge in [0.05, 0.1) is 51.5 Å². The highest BCUT2D eigenvalue weighted by molar-refractivity contribution is 5.83. The Bertz CT molecular complexity index is 2950. The second-order valence-electron chi connectivity index (χ2n) is 19.6. The molecule has 0 spiro atoms. The van der Waals surface area contributed by atoms with Gasteiger partial charge in [0.1, 0.15) is 34.5 Å². The van der Waals surface area contributed by atoms with Crippen LogP contribution in [0.3, 0.4) is 0 Å². The topological polar surface area (TPSA) is 468 Å². The number of rotatable bonds is 22. The van der Waals surface area contributed by atoms with Crippen LogP contribution in [-0.4, -0.2) is 162 Å². The zero-order valence-corrected chi connectivity index (χ0v) is 44.5. The van der Waals surface area contributed by atoms with Gasteiger partial charge < -0.3 is 71.9 Å². The van der Waals surface area contributed by atoms with Gasteiger partial charge >= 0.3 is 11.9 Å². The third-order valence-electron chi connectivity index (χ3n) is 13.7. The fourth-order valence-electron chi connectivity index (χ4n) is 9.03. The summed E-state index contributed by atoms with van der Waals surface area (Å²) < 4.78 is 75.1. The number of aliphatic hydroxyl groups excluding tert-OH is 4. The summed E-state index contributed by atoms with van der Waals surface area (Å²) in [5.74, 6) is -1.74. The molecule has 33 heteroatoms. The van der Waals surface area contributed by atoms with Crippen LogP contribution in [0.15, 0.2) is 93.4 Å². The quantitative estimate of drug-likeness (QED) is 0.0234. The first-order chi connectivity index (χ1) is 38.6. The summed E-state index contributed by atoms with van der Waals surface area (Å²) >= 11 is 0. The van der Waals surface area contributed by atoms with Crippen molar-refractivity contribution in [1.29, 1.82) is 0 Å². The molecule has 0 aromatic carbocycles. The maximum atomic E-state index is 15.4. The number of hydrogen-bond donors (Lipinski definition) is 8. The maximum absolute atomic E-state index is 15.4. The minimum atomic E-state index is -1.98. The summed E-state index contributed by atoms with van der Waals surface area (Å²) in [5.41, 5.74) is 44.6. The predicted octanol–water partition coefficient (Wildman–Crippen LogP) is 3.70. The number of nitrogen functional groups attached to an aromatic ring is 2. The molecule has 81 heavy (non-hydrogen) atoms. The fraction of sp³-hybridized carbons (Fsp3) is 0.604. The lowest BCUT2D eigenvalue weighted by Gasteiger charge is -2.33. The molecule has 4 aliphatic rings. The molecule has 13 atom stereocenters. The van der Waals surface area contributed by atoms with Gasteiger partial charge in [0, 0.05) is 62.9 Å². The number of hydrogen-bond acceptors (Lipinski definition) is 22. The summed E-state index contributed by atoms with van der Waals surface area (Å²) in [6.07, 6.45) is -1.46. The van der Waals surface area contributed by atoms with Crippen LogP contribution in [0.4, 0.5) is 24.5 Å². The van der Waals surface area contributed by atoms with E-state index in [0.29, 0.717) is 29.0 Å². The Balaban J connectivity index is 0.000000225. The lowest BCUT2D eigenvalue weighted by molar-refractivity contribution is -0.170. The van der Waals surface area contributed by atoms with E-state index in [-0.39, 0.29) is 23.7 Å². The van der Waals surface area contributed by atoms with Crippen molar-refractivity contribution >= 4 is 34.5 Å². The van der Waals surface area contributed by atoms with E-state index in [1.807, 2.05) is 0 Å². The van der Waals surface area contributed by atoms with Crippen LogP contribution in [0.25, 0.3) is 42.5 Å². The van der Waals surface area contributed by atoms with E-state index in [0.717, 1.165) is 36.3 Å². The molecular weight excluding hydrogens is 1080 g/mol. The van der Waals surface area contributed by atoms with Crippen LogP contribution in [0.1, 0.15) is 71.8 Å². The van der Waals surface area contributed by atoms with E-state index in [1.54, 1.807) is 19.9 Å². The highest BCUT2D eigenvalue weighted by atomic mass is 19.1. The number of pyridine rings is 2. The first kappa shape index (κ1) is 64.2. The Hall–Kier alpha value is -7.67. The smallest absolute Gasteiger partial charge is 0.323 e. The van der Waals surface area contributed by atoms with Crippen LogP contribution >= 0.6 is 0 Å². The van der Waals surface area contributed by atoms with Gasteiger partial charge in [-0.3, -0.25) is 23.5 Å². The van der Waals surface area contributed by atoms with Gasteiger partial charge in [-0.25, -0.2) is 23.1 Å². The van der Waals surface area contributed by atoms with Gasteiger partial charge in [-0.1, -0.05) is 68.4 Å². The van der Waals surface area contributed by atoms with E-state index >= 15 is 8.78 Å². The number of aliphatic hydroxyl groups is 4. The second kappa shape index (κ2) is 28.7. The molecule has 0 amide bonds. The van der Waals surface area contributed by atoms with E-state index in [4.69, 9.17) is 63.2 Å². The van der Waals surface area contributed by atoms with Gasteiger partial charge in [-0.2, -0.15) is 0 Å². The molecule has 0 saturated carbocycles. The van der Waals surface area contributed by atoms with Crippen molar-refractivity contribution in [3.8, 4) is 0 Å². The number of nitrogens with zero attached hydrogens (tertiary/aromatic N) is 14. The molecule has 7 heterocycles. The Labute approximate surface area is 460 Å². The average molecular weight is 1150 g/mol. The van der Waals surface area contributed by atoms with E-state index < -0.39 is 135 Å². The summed E-state index contributed by atoms with van der Waals surface area (Å²) in [7, 11) is 0. The highest BCUT2D eigenvalue weighted by Crippen LogP contribution is 2.43. The maximum Gasteiger partial charge on any atom is 0.323 e. The SMILES string of the molecule is C=C1C=C(N)C=CN1[C@@H]1O[C@@](CO)(CN=[N+]=[N-])[C@@H](OC(=O)C(N)C(C)C)[C@H]1F.CCCCCCCC(=O)O[C@H]1[C@@H](F)[C@H](n2ccc(N)cc2=O)O[C@@]1(CO)CN=[N+]=[N-].[N-]=[N+]=NC[C@]1(CO)O[C@@H](n2cnc3c(N)ccnc32)[C@H](F)[C@@H]1O. The van der Waals surface area contributed by atoms with Crippen molar-refractivity contribution in [3.05, 3.63) is 115 Å². The highest BCUT2D eigenvalue weighted by Gasteiger charge is 2.61. The molecule has 4 aliphatic heterocycles. The van der Waals surface area contributed by atoms with E-state index in [1.165, 1.54) is 52.6 Å². The number of carbonyl (C=O) groups is 2.